The van der Waals surface area contributed by atoms with Gasteiger partial charge in [0.15, 0.2) is 5.69 Å². The number of rotatable bonds is 6. The van der Waals surface area contributed by atoms with Crippen molar-refractivity contribution in [3.8, 4) is 23.0 Å². The molecule has 2 aliphatic rings. The van der Waals surface area contributed by atoms with Gasteiger partial charge in [0, 0.05) is 30.4 Å². The summed E-state index contributed by atoms with van der Waals surface area (Å²) >= 11 is 0. The molecular formula is C29H39N5O3. The third kappa shape index (κ3) is 4.96. The van der Waals surface area contributed by atoms with Gasteiger partial charge in [-0.2, -0.15) is 10.1 Å². The fourth-order valence-electron chi connectivity index (χ4n) is 5.97. The van der Waals surface area contributed by atoms with Gasteiger partial charge in [-0.3, -0.25) is 9.48 Å². The van der Waals surface area contributed by atoms with E-state index in [1.54, 1.807) is 0 Å². The highest BCUT2D eigenvalue weighted by atomic mass is 16.5. The Labute approximate surface area is 219 Å². The Balaban J connectivity index is 1.30. The Hall–Kier alpha value is -3.00. The Kier molecular flexibility index (Phi) is 6.51. The number of benzene rings is 1. The van der Waals surface area contributed by atoms with Gasteiger partial charge in [0.1, 0.15) is 0 Å². The fraction of sp³-hybridized carbons (Fsp3) is 0.586. The Morgan fingerprint density at radius 1 is 1.11 bits per heavy atom. The number of carboxylic acids is 1. The fourth-order valence-corrected chi connectivity index (χ4v) is 5.97. The molecule has 1 aliphatic carbocycles. The number of aromatic nitrogens is 4. The molecule has 0 atom stereocenters. The third-order valence-electron chi connectivity index (χ3n) is 8.71. The molecule has 3 aromatic rings. The smallest absolute Gasteiger partial charge is 0.309 e. The molecule has 0 saturated carbocycles. The molecule has 1 aromatic carbocycles. The summed E-state index contributed by atoms with van der Waals surface area (Å²) in [7, 11) is 2.00. The van der Waals surface area contributed by atoms with E-state index < -0.39 is 11.4 Å². The largest absolute Gasteiger partial charge is 0.481 e. The lowest BCUT2D eigenvalue weighted by molar-refractivity contribution is -0.150. The van der Waals surface area contributed by atoms with Crippen molar-refractivity contribution in [2.45, 2.75) is 73.1 Å². The van der Waals surface area contributed by atoms with Crippen molar-refractivity contribution < 1.29 is 14.4 Å². The number of carbonyl (C=O) groups is 1. The molecule has 37 heavy (non-hydrogen) atoms. The molecule has 0 bridgehead atoms. The van der Waals surface area contributed by atoms with Crippen LogP contribution in [-0.2, 0) is 31.1 Å². The van der Waals surface area contributed by atoms with Gasteiger partial charge in [-0.1, -0.05) is 19.0 Å². The van der Waals surface area contributed by atoms with Crippen LogP contribution in [0.15, 0.2) is 16.7 Å². The Bertz CT molecular complexity index is 1300. The van der Waals surface area contributed by atoms with Gasteiger partial charge < -0.3 is 14.5 Å². The van der Waals surface area contributed by atoms with Gasteiger partial charge in [-0.05, 0) is 107 Å². The van der Waals surface area contributed by atoms with E-state index in [0.717, 1.165) is 56.6 Å². The second-order valence-electron chi connectivity index (χ2n) is 12.2. The predicted octanol–water partition coefficient (Wildman–Crippen LogP) is 5.00. The molecule has 2 aromatic heterocycles. The number of aliphatic carboxylic acids is 1. The normalized spacial score (nSPS) is 19.1. The molecule has 0 spiro atoms. The molecule has 1 aliphatic heterocycles. The van der Waals surface area contributed by atoms with Crippen molar-refractivity contribution in [2.24, 2.45) is 17.9 Å². The van der Waals surface area contributed by atoms with Crippen LogP contribution in [0.5, 0.6) is 0 Å². The summed E-state index contributed by atoms with van der Waals surface area (Å²) in [6.07, 6.45) is 5.45. The van der Waals surface area contributed by atoms with E-state index in [9.17, 15) is 9.90 Å². The van der Waals surface area contributed by atoms with Crippen LogP contribution < -0.4 is 0 Å². The summed E-state index contributed by atoms with van der Waals surface area (Å²) in [5.41, 5.74) is 7.73. The molecule has 8 nitrogen and oxygen atoms in total. The summed E-state index contributed by atoms with van der Waals surface area (Å²) in [5.74, 6) is 0.405. The monoisotopic (exact) mass is 505 g/mol. The molecule has 3 heterocycles. The van der Waals surface area contributed by atoms with E-state index >= 15 is 0 Å². The lowest BCUT2D eigenvalue weighted by Gasteiger charge is -2.36. The highest BCUT2D eigenvalue weighted by Crippen LogP contribution is 2.39. The minimum Gasteiger partial charge on any atom is -0.481 e. The summed E-state index contributed by atoms with van der Waals surface area (Å²) in [6, 6.07) is 4.29. The Morgan fingerprint density at radius 3 is 2.43 bits per heavy atom. The summed E-state index contributed by atoms with van der Waals surface area (Å²) in [5, 5.41) is 18.6. The number of nitrogens with zero attached hydrogens (tertiary/aromatic N) is 5. The lowest BCUT2D eigenvalue weighted by Crippen LogP contribution is -2.43. The lowest BCUT2D eigenvalue weighted by atomic mass is 9.76. The standard InChI is InChI=1S/C29H39N5O3/c1-18-15-20(16-19(2)21(18)8-12-34-13-10-29(5,11-14-34)27(35)36)25-30-26(37-32-25)24-22-7-9-28(3,4)17-23(22)33(6)31-24/h15-16H,7-14,17H2,1-6H3,(H,35,36). The van der Waals surface area contributed by atoms with Gasteiger partial charge in [-0.25, -0.2) is 0 Å². The number of hydrogen-bond donors (Lipinski definition) is 1. The van der Waals surface area contributed by atoms with Crippen LogP contribution in [0.25, 0.3) is 23.0 Å². The SMILES string of the molecule is Cc1cc(-c2noc(-c3nn(C)c4c3CCC(C)(C)C4)n2)cc(C)c1CCN1CCC(C)(C(=O)O)CC1. The zero-order valence-corrected chi connectivity index (χ0v) is 23.0. The Morgan fingerprint density at radius 2 is 1.78 bits per heavy atom. The first kappa shape index (κ1) is 25.6. The van der Waals surface area contributed by atoms with Crippen molar-refractivity contribution in [3.05, 3.63) is 40.1 Å². The summed E-state index contributed by atoms with van der Waals surface area (Å²) in [6.45, 7) is 13.4. The molecule has 8 heteroatoms. The van der Waals surface area contributed by atoms with E-state index in [1.807, 2.05) is 18.7 Å². The van der Waals surface area contributed by atoms with Crippen LogP contribution in [0, 0.1) is 24.7 Å². The summed E-state index contributed by atoms with van der Waals surface area (Å²) in [4.78, 5) is 18.7. The number of likely N-dealkylation sites (tertiary alicyclic amines) is 1. The second-order valence-corrected chi connectivity index (χ2v) is 12.2. The first-order valence-corrected chi connectivity index (χ1v) is 13.4. The van der Waals surface area contributed by atoms with Crippen molar-refractivity contribution in [2.75, 3.05) is 19.6 Å². The van der Waals surface area contributed by atoms with Crippen LogP contribution in [0.3, 0.4) is 0 Å². The molecule has 5 rings (SSSR count). The topological polar surface area (TPSA) is 97.3 Å². The molecule has 0 amide bonds. The van der Waals surface area contributed by atoms with Crippen molar-refractivity contribution in [3.63, 3.8) is 0 Å². The third-order valence-corrected chi connectivity index (χ3v) is 8.71. The van der Waals surface area contributed by atoms with Crippen LogP contribution in [-0.4, -0.2) is 55.5 Å². The van der Waals surface area contributed by atoms with Crippen LogP contribution in [0.1, 0.15) is 68.0 Å². The number of aryl methyl sites for hydroxylation is 3. The number of piperidine rings is 1. The zero-order chi connectivity index (χ0) is 26.5. The minimum absolute atomic E-state index is 0.280. The van der Waals surface area contributed by atoms with Crippen LogP contribution in [0.4, 0.5) is 0 Å². The van der Waals surface area contributed by atoms with E-state index in [4.69, 9.17) is 14.6 Å². The van der Waals surface area contributed by atoms with Gasteiger partial charge >= 0.3 is 5.97 Å². The van der Waals surface area contributed by atoms with Gasteiger partial charge in [-0.15, -0.1) is 0 Å². The first-order valence-electron chi connectivity index (χ1n) is 13.4. The molecule has 1 N–H and O–H groups in total. The van der Waals surface area contributed by atoms with Gasteiger partial charge in [0.2, 0.25) is 5.82 Å². The van der Waals surface area contributed by atoms with Gasteiger partial charge in [0.25, 0.3) is 5.89 Å². The average molecular weight is 506 g/mol. The van der Waals surface area contributed by atoms with Crippen LogP contribution >= 0.6 is 0 Å². The van der Waals surface area contributed by atoms with E-state index in [-0.39, 0.29) is 5.41 Å². The molecule has 1 saturated heterocycles. The maximum atomic E-state index is 11.5. The average Bonchev–Trinajstić information content (AvgIpc) is 3.44. The summed E-state index contributed by atoms with van der Waals surface area (Å²) < 4.78 is 7.70. The molecular weight excluding hydrogens is 466 g/mol. The highest BCUT2D eigenvalue weighted by Gasteiger charge is 2.36. The number of hydrogen-bond acceptors (Lipinski definition) is 6. The van der Waals surface area contributed by atoms with Crippen molar-refractivity contribution >= 4 is 5.97 Å². The van der Waals surface area contributed by atoms with Crippen molar-refractivity contribution in [1.29, 1.82) is 0 Å². The molecule has 0 radical (unpaired) electrons. The van der Waals surface area contributed by atoms with Gasteiger partial charge in [0.05, 0.1) is 5.41 Å². The van der Waals surface area contributed by atoms with Crippen LogP contribution in [0.2, 0.25) is 0 Å². The zero-order valence-electron chi connectivity index (χ0n) is 23.0. The minimum atomic E-state index is -0.675. The van der Waals surface area contributed by atoms with Crippen molar-refractivity contribution in [1.82, 2.24) is 24.8 Å². The molecule has 0 unspecified atom stereocenters. The first-order chi connectivity index (χ1) is 17.5. The maximum Gasteiger partial charge on any atom is 0.309 e. The maximum absolute atomic E-state index is 11.5. The quantitative estimate of drug-likeness (QED) is 0.504. The number of carboxylic acid groups (broad SMARTS) is 1. The van der Waals surface area contributed by atoms with E-state index in [0.29, 0.717) is 24.6 Å². The highest BCUT2D eigenvalue weighted by molar-refractivity contribution is 5.74. The van der Waals surface area contributed by atoms with E-state index in [1.165, 1.54) is 27.9 Å². The number of fused-ring (bicyclic) bond motifs is 1. The predicted molar refractivity (Wildman–Crippen MR) is 142 cm³/mol. The van der Waals surface area contributed by atoms with E-state index in [2.05, 4.69) is 49.9 Å². The second kappa shape index (κ2) is 9.39. The molecule has 198 valence electrons. The molecule has 1 fully saturated rings.